The lowest BCUT2D eigenvalue weighted by Crippen LogP contribution is -2.43. The lowest BCUT2D eigenvalue weighted by atomic mass is 9.84. The number of ketones is 1. The molecule has 0 N–H and O–H groups in total. The van der Waals surface area contributed by atoms with Crippen LogP contribution in [0.2, 0.25) is 0 Å². The molecule has 158 valence electrons. The number of pyridine rings is 1. The molecule has 1 aromatic heterocycles. The summed E-state index contributed by atoms with van der Waals surface area (Å²) in [5.41, 5.74) is 1.92. The second-order valence-corrected chi connectivity index (χ2v) is 8.43. The number of Topliss-reactive ketones (excluding diaryl/α,β-unsaturated/α-hetero) is 1. The molecular formula is C24H28N2O4. The van der Waals surface area contributed by atoms with Crippen molar-refractivity contribution in [3.8, 4) is 5.75 Å². The van der Waals surface area contributed by atoms with E-state index in [1.807, 2.05) is 32.0 Å². The minimum Gasteiger partial charge on any atom is -0.486 e. The molecule has 4 rings (SSSR count). The first-order valence-electron chi connectivity index (χ1n) is 10.7. The third kappa shape index (κ3) is 3.44. The van der Waals surface area contributed by atoms with E-state index in [1.54, 1.807) is 28.6 Å². The number of likely N-dealkylation sites (tertiary alicyclic amines) is 1. The van der Waals surface area contributed by atoms with Crippen molar-refractivity contribution in [2.45, 2.75) is 51.6 Å². The Hall–Kier alpha value is -2.89. The van der Waals surface area contributed by atoms with E-state index < -0.39 is 5.60 Å². The predicted octanol–water partition coefficient (Wildman–Crippen LogP) is 3.29. The van der Waals surface area contributed by atoms with Gasteiger partial charge >= 0.3 is 0 Å². The van der Waals surface area contributed by atoms with Gasteiger partial charge in [0.25, 0.3) is 11.5 Å². The topological polar surface area (TPSA) is 68.6 Å². The first kappa shape index (κ1) is 20.4. The number of nitrogens with zero attached hydrogens (tertiary/aromatic N) is 2. The number of carbonyl (C=O) groups excluding carboxylic acids is 2. The number of aryl methyl sites for hydroxylation is 1. The highest BCUT2D eigenvalue weighted by atomic mass is 16.5. The van der Waals surface area contributed by atoms with E-state index in [0.717, 1.165) is 24.1 Å². The van der Waals surface area contributed by atoms with Gasteiger partial charge in [-0.1, -0.05) is 19.1 Å². The normalized spacial score (nSPS) is 21.2. The van der Waals surface area contributed by atoms with E-state index in [2.05, 4.69) is 0 Å². The summed E-state index contributed by atoms with van der Waals surface area (Å²) in [6.07, 6.45) is 3.09. The molecule has 1 fully saturated rings. The minimum atomic E-state index is -0.576. The number of benzene rings is 1. The summed E-state index contributed by atoms with van der Waals surface area (Å²) in [6, 6.07) is 9.08. The largest absolute Gasteiger partial charge is 0.486 e. The van der Waals surface area contributed by atoms with Crippen molar-refractivity contribution >= 4 is 11.7 Å². The second-order valence-electron chi connectivity index (χ2n) is 8.43. The summed E-state index contributed by atoms with van der Waals surface area (Å²) in [5.74, 6) is 0.491. The Morgan fingerprint density at radius 3 is 2.70 bits per heavy atom. The molecule has 1 aromatic carbocycles. The number of amides is 1. The van der Waals surface area contributed by atoms with Crippen LogP contribution in [0.15, 0.2) is 35.1 Å². The third-order valence-corrected chi connectivity index (χ3v) is 6.50. The fraction of sp³-hybridized carbons (Fsp3) is 0.458. The summed E-state index contributed by atoms with van der Waals surface area (Å²) in [6.45, 7) is 4.95. The highest BCUT2D eigenvalue weighted by molar-refractivity contribution is 6.00. The maximum absolute atomic E-state index is 13.2. The van der Waals surface area contributed by atoms with Gasteiger partial charge in [-0.15, -0.1) is 0 Å². The molecule has 30 heavy (non-hydrogen) atoms. The van der Waals surface area contributed by atoms with Crippen molar-refractivity contribution < 1.29 is 14.3 Å². The van der Waals surface area contributed by atoms with Crippen molar-refractivity contribution in [1.29, 1.82) is 0 Å². The number of aromatic nitrogens is 1. The predicted molar refractivity (Wildman–Crippen MR) is 114 cm³/mol. The monoisotopic (exact) mass is 408 g/mol. The van der Waals surface area contributed by atoms with E-state index in [0.29, 0.717) is 43.7 Å². The number of hydrogen-bond donors (Lipinski definition) is 0. The average Bonchev–Trinajstić information content (AvgIpc) is 2.93. The lowest BCUT2D eigenvalue weighted by Gasteiger charge is -2.37. The molecule has 3 heterocycles. The van der Waals surface area contributed by atoms with Crippen LogP contribution in [0, 0.1) is 6.92 Å². The summed E-state index contributed by atoms with van der Waals surface area (Å²) < 4.78 is 7.90. The Kier molecular flexibility index (Phi) is 5.26. The summed E-state index contributed by atoms with van der Waals surface area (Å²) in [5, 5.41) is 0. The standard InChI is InChI=1S/C24H28N2O4/c1-4-19-16(2)14-18(22(28)25(19)3)23(29)26-12-7-10-24(11-13-26)15-20(27)17-8-5-6-9-21(17)30-24/h5-6,8-9,14H,4,7,10-13,15H2,1-3H3. The Morgan fingerprint density at radius 2 is 1.93 bits per heavy atom. The number of ether oxygens (including phenoxy) is 1. The molecule has 0 bridgehead atoms. The zero-order valence-electron chi connectivity index (χ0n) is 17.9. The third-order valence-electron chi connectivity index (χ3n) is 6.50. The van der Waals surface area contributed by atoms with Crippen LogP contribution in [0.3, 0.4) is 0 Å². The van der Waals surface area contributed by atoms with Crippen molar-refractivity contribution in [2.75, 3.05) is 13.1 Å². The van der Waals surface area contributed by atoms with E-state index >= 15 is 0 Å². The molecule has 2 aliphatic heterocycles. The minimum absolute atomic E-state index is 0.0938. The van der Waals surface area contributed by atoms with Gasteiger partial charge < -0.3 is 14.2 Å². The highest BCUT2D eigenvalue weighted by Gasteiger charge is 2.42. The van der Waals surface area contributed by atoms with Gasteiger partial charge in [0, 0.05) is 32.3 Å². The molecule has 1 atom stereocenters. The fourth-order valence-corrected chi connectivity index (χ4v) is 4.86. The smallest absolute Gasteiger partial charge is 0.263 e. The Bertz CT molecular complexity index is 1070. The van der Waals surface area contributed by atoms with Crippen LogP contribution in [0.4, 0.5) is 0 Å². The summed E-state index contributed by atoms with van der Waals surface area (Å²) in [4.78, 5) is 40.4. The van der Waals surface area contributed by atoms with Crippen LogP contribution in [-0.2, 0) is 13.5 Å². The van der Waals surface area contributed by atoms with Crippen LogP contribution in [0.1, 0.15) is 64.6 Å². The molecule has 0 radical (unpaired) electrons. The quantitative estimate of drug-likeness (QED) is 0.765. The van der Waals surface area contributed by atoms with E-state index in [9.17, 15) is 14.4 Å². The number of hydrogen-bond acceptors (Lipinski definition) is 4. The van der Waals surface area contributed by atoms with Gasteiger partial charge in [-0.25, -0.2) is 0 Å². The van der Waals surface area contributed by atoms with Crippen LogP contribution in [0.25, 0.3) is 0 Å². The first-order valence-corrected chi connectivity index (χ1v) is 10.7. The van der Waals surface area contributed by atoms with E-state index in [4.69, 9.17) is 4.74 Å². The number of carbonyl (C=O) groups is 2. The van der Waals surface area contributed by atoms with E-state index in [1.165, 1.54) is 0 Å². The Labute approximate surface area is 176 Å². The molecule has 0 saturated carbocycles. The molecule has 0 aliphatic carbocycles. The Balaban J connectivity index is 1.57. The lowest BCUT2D eigenvalue weighted by molar-refractivity contribution is 0.0300. The second kappa shape index (κ2) is 7.74. The van der Waals surface area contributed by atoms with Gasteiger partial charge in [0.2, 0.25) is 0 Å². The maximum Gasteiger partial charge on any atom is 0.263 e. The van der Waals surface area contributed by atoms with Gasteiger partial charge in [0.15, 0.2) is 5.78 Å². The molecule has 1 amide bonds. The molecular weight excluding hydrogens is 380 g/mol. The summed E-state index contributed by atoms with van der Waals surface area (Å²) >= 11 is 0. The van der Waals surface area contributed by atoms with Crippen molar-refractivity contribution in [2.24, 2.45) is 7.05 Å². The van der Waals surface area contributed by atoms with Gasteiger partial charge in [-0.3, -0.25) is 14.4 Å². The van der Waals surface area contributed by atoms with Gasteiger partial charge in [-0.05, 0) is 49.9 Å². The molecule has 1 unspecified atom stereocenters. The zero-order chi connectivity index (χ0) is 21.5. The van der Waals surface area contributed by atoms with E-state index in [-0.39, 0.29) is 22.8 Å². The van der Waals surface area contributed by atoms with Crippen molar-refractivity contribution in [1.82, 2.24) is 9.47 Å². The molecule has 2 aliphatic rings. The molecule has 1 saturated heterocycles. The fourth-order valence-electron chi connectivity index (χ4n) is 4.86. The first-order chi connectivity index (χ1) is 14.3. The Morgan fingerprint density at radius 1 is 1.17 bits per heavy atom. The van der Waals surface area contributed by atoms with Crippen LogP contribution in [0.5, 0.6) is 5.75 Å². The van der Waals surface area contributed by atoms with Crippen LogP contribution in [-0.4, -0.2) is 39.8 Å². The van der Waals surface area contributed by atoms with Gasteiger partial charge in [0.05, 0.1) is 12.0 Å². The highest BCUT2D eigenvalue weighted by Crippen LogP contribution is 2.39. The number of fused-ring (bicyclic) bond motifs is 1. The van der Waals surface area contributed by atoms with Gasteiger partial charge in [0.1, 0.15) is 16.9 Å². The van der Waals surface area contributed by atoms with Gasteiger partial charge in [-0.2, -0.15) is 0 Å². The molecule has 2 aromatic rings. The van der Waals surface area contributed by atoms with Crippen LogP contribution < -0.4 is 10.3 Å². The van der Waals surface area contributed by atoms with Crippen LogP contribution >= 0.6 is 0 Å². The van der Waals surface area contributed by atoms with Crippen molar-refractivity contribution in [3.63, 3.8) is 0 Å². The number of rotatable bonds is 2. The van der Waals surface area contributed by atoms with Crippen molar-refractivity contribution in [3.05, 3.63) is 63.1 Å². The SMILES string of the molecule is CCc1c(C)cc(C(=O)N2CCCC3(CC2)CC(=O)c2ccccc2O3)c(=O)n1C. The maximum atomic E-state index is 13.2. The summed E-state index contributed by atoms with van der Waals surface area (Å²) in [7, 11) is 1.72. The number of para-hydroxylation sites is 1. The molecule has 6 heteroatoms. The zero-order valence-corrected chi connectivity index (χ0v) is 17.9. The molecule has 1 spiro atoms. The molecule has 6 nitrogen and oxygen atoms in total. The average molecular weight is 408 g/mol.